The molecule has 0 bridgehead atoms. The fourth-order valence-corrected chi connectivity index (χ4v) is 3.17. The van der Waals surface area contributed by atoms with E-state index in [0.717, 1.165) is 0 Å². The van der Waals surface area contributed by atoms with Gasteiger partial charge in [0.05, 0.1) is 11.4 Å². The molecule has 0 aliphatic rings. The Morgan fingerprint density at radius 3 is 2.77 bits per heavy atom. The van der Waals surface area contributed by atoms with Crippen molar-refractivity contribution < 1.29 is 4.39 Å². The molecule has 1 aromatic carbocycles. The van der Waals surface area contributed by atoms with Crippen LogP contribution in [0.3, 0.4) is 0 Å². The normalized spacial score (nSPS) is 10.8. The van der Waals surface area contributed by atoms with E-state index >= 15 is 0 Å². The first-order valence-corrected chi connectivity index (χ1v) is 9.32. The van der Waals surface area contributed by atoms with Gasteiger partial charge in [0.2, 0.25) is 0 Å². The molecule has 3 heterocycles. The Hall–Kier alpha value is -4.19. The molecule has 0 radical (unpaired) electrons. The lowest BCUT2D eigenvalue weighted by atomic mass is 10.1. The number of nitriles is 1. The van der Waals surface area contributed by atoms with Crippen LogP contribution in [0.2, 0.25) is 0 Å². The van der Waals surface area contributed by atoms with Crippen molar-refractivity contribution >= 4 is 17.3 Å². The summed E-state index contributed by atoms with van der Waals surface area (Å²) in [7, 11) is 0. The molecule has 0 fully saturated rings. The van der Waals surface area contributed by atoms with Crippen molar-refractivity contribution in [3.63, 3.8) is 0 Å². The molecule has 3 aromatic heterocycles. The summed E-state index contributed by atoms with van der Waals surface area (Å²) >= 11 is 0. The second kappa shape index (κ2) is 8.05. The number of aryl methyl sites for hydroxylation is 1. The maximum absolute atomic E-state index is 13.2. The number of hydrogen-bond donors (Lipinski definition) is 2. The Labute approximate surface area is 171 Å². The van der Waals surface area contributed by atoms with Crippen LogP contribution in [-0.4, -0.2) is 25.7 Å². The van der Waals surface area contributed by atoms with E-state index in [-0.39, 0.29) is 17.2 Å². The largest absolute Gasteiger partial charge is 0.382 e. The number of nitrogens with two attached hydrogens (primary N) is 1. The molecule has 0 saturated carbocycles. The van der Waals surface area contributed by atoms with E-state index in [1.165, 1.54) is 27.3 Å². The predicted molar refractivity (Wildman–Crippen MR) is 111 cm³/mol. The van der Waals surface area contributed by atoms with Gasteiger partial charge in [0.1, 0.15) is 34.7 Å². The fourth-order valence-electron chi connectivity index (χ4n) is 3.17. The quantitative estimate of drug-likeness (QED) is 0.478. The molecule has 0 saturated heterocycles. The van der Waals surface area contributed by atoms with Gasteiger partial charge < -0.3 is 11.1 Å². The summed E-state index contributed by atoms with van der Waals surface area (Å²) in [5.74, 6) is 0.345. The van der Waals surface area contributed by atoms with Crippen molar-refractivity contribution in [2.24, 2.45) is 0 Å². The zero-order valence-corrected chi connectivity index (χ0v) is 15.9. The summed E-state index contributed by atoms with van der Waals surface area (Å²) in [5.41, 5.74) is 7.91. The summed E-state index contributed by atoms with van der Waals surface area (Å²) in [6.07, 6.45) is 2.81. The monoisotopic (exact) mass is 403 g/mol. The molecule has 0 unspecified atom stereocenters. The minimum absolute atomic E-state index is 0.166. The van der Waals surface area contributed by atoms with Gasteiger partial charge in [-0.05, 0) is 49.2 Å². The first kappa shape index (κ1) is 19.1. The third kappa shape index (κ3) is 3.71. The highest BCUT2D eigenvalue weighted by molar-refractivity contribution is 5.56. The van der Waals surface area contributed by atoms with Crippen LogP contribution in [0, 0.1) is 17.1 Å². The molecule has 0 aliphatic carbocycles. The second-order valence-electron chi connectivity index (χ2n) is 6.65. The van der Waals surface area contributed by atoms with Gasteiger partial charge in [-0.25, -0.2) is 14.1 Å². The van der Waals surface area contributed by atoms with Crippen molar-refractivity contribution in [1.82, 2.24) is 19.2 Å². The molecule has 0 spiro atoms. The van der Waals surface area contributed by atoms with Gasteiger partial charge in [-0.2, -0.15) is 10.4 Å². The van der Waals surface area contributed by atoms with E-state index in [9.17, 15) is 14.4 Å². The highest BCUT2D eigenvalue weighted by Gasteiger charge is 2.16. The number of nitrogens with one attached hydrogen (secondary N) is 1. The van der Waals surface area contributed by atoms with Crippen LogP contribution >= 0.6 is 0 Å². The molecule has 0 atom stereocenters. The van der Waals surface area contributed by atoms with Crippen LogP contribution < -0.4 is 16.6 Å². The summed E-state index contributed by atoms with van der Waals surface area (Å²) in [4.78, 5) is 16.5. The lowest BCUT2D eigenvalue weighted by Gasteiger charge is -2.06. The number of aromatic nitrogens is 4. The third-order valence-electron chi connectivity index (χ3n) is 4.64. The molecule has 3 N–H and O–H groups in total. The van der Waals surface area contributed by atoms with Crippen LogP contribution in [0.5, 0.6) is 0 Å². The smallest absolute Gasteiger partial charge is 0.259 e. The topological polar surface area (TPSA) is 114 Å². The molecular formula is C21H18FN7O. The van der Waals surface area contributed by atoms with E-state index < -0.39 is 0 Å². The maximum Gasteiger partial charge on any atom is 0.259 e. The summed E-state index contributed by atoms with van der Waals surface area (Å²) in [6, 6.07) is 14.6. The Morgan fingerprint density at radius 2 is 2.00 bits per heavy atom. The first-order valence-electron chi connectivity index (χ1n) is 9.32. The van der Waals surface area contributed by atoms with E-state index in [0.29, 0.717) is 47.8 Å². The Bertz CT molecular complexity index is 1300. The van der Waals surface area contributed by atoms with E-state index in [4.69, 9.17) is 5.73 Å². The number of benzene rings is 1. The summed E-state index contributed by atoms with van der Waals surface area (Å²) < 4.78 is 16.1. The van der Waals surface area contributed by atoms with Gasteiger partial charge in [0, 0.05) is 18.8 Å². The van der Waals surface area contributed by atoms with E-state index in [2.05, 4.69) is 21.5 Å². The lowest BCUT2D eigenvalue weighted by molar-refractivity contribution is 0.627. The molecule has 9 heteroatoms. The van der Waals surface area contributed by atoms with Crippen LogP contribution in [0.4, 0.5) is 16.0 Å². The standard InChI is InChI=1S/C21H18FN7O/c22-14-6-8-15(9-7-14)29-21(24)16(13-23)17(27-29)4-3-10-25-18-12-20(30)28-11-2-1-5-19(28)26-18/h1-2,5-9,11-12,25H,3-4,10,24H2. The summed E-state index contributed by atoms with van der Waals surface area (Å²) in [5, 5.41) is 17.0. The molecule has 4 rings (SSSR count). The molecule has 30 heavy (non-hydrogen) atoms. The number of hydrogen-bond acceptors (Lipinski definition) is 6. The van der Waals surface area contributed by atoms with Crippen LogP contribution in [0.25, 0.3) is 11.3 Å². The highest BCUT2D eigenvalue weighted by atomic mass is 19.1. The number of nitrogens with zero attached hydrogens (tertiary/aromatic N) is 5. The number of nitrogen functional groups attached to an aromatic ring is 1. The minimum Gasteiger partial charge on any atom is -0.382 e. The average molecular weight is 403 g/mol. The van der Waals surface area contributed by atoms with E-state index in [1.807, 2.05) is 6.07 Å². The molecular weight excluding hydrogens is 385 g/mol. The zero-order valence-electron chi connectivity index (χ0n) is 15.9. The molecule has 0 amide bonds. The number of anilines is 2. The minimum atomic E-state index is -0.363. The van der Waals surface area contributed by atoms with Crippen molar-refractivity contribution in [3.8, 4) is 11.8 Å². The van der Waals surface area contributed by atoms with Crippen LogP contribution in [-0.2, 0) is 6.42 Å². The number of halogens is 1. The van der Waals surface area contributed by atoms with Gasteiger partial charge in [-0.1, -0.05) is 6.07 Å². The fraction of sp³-hybridized carbons (Fsp3) is 0.143. The van der Waals surface area contributed by atoms with Gasteiger partial charge in [-0.15, -0.1) is 0 Å². The van der Waals surface area contributed by atoms with E-state index in [1.54, 1.807) is 30.5 Å². The van der Waals surface area contributed by atoms with Gasteiger partial charge in [-0.3, -0.25) is 9.20 Å². The van der Waals surface area contributed by atoms with Crippen molar-refractivity contribution in [2.75, 3.05) is 17.6 Å². The Morgan fingerprint density at radius 1 is 1.20 bits per heavy atom. The third-order valence-corrected chi connectivity index (χ3v) is 4.64. The van der Waals surface area contributed by atoms with Crippen molar-refractivity contribution in [3.05, 3.63) is 82.2 Å². The molecule has 4 aromatic rings. The number of fused-ring (bicyclic) bond motifs is 1. The Balaban J connectivity index is 1.45. The van der Waals surface area contributed by atoms with Crippen LogP contribution in [0.1, 0.15) is 17.7 Å². The molecule has 150 valence electrons. The SMILES string of the molecule is N#Cc1c(CCCNc2cc(=O)n3ccccc3n2)nn(-c2ccc(F)cc2)c1N. The van der Waals surface area contributed by atoms with Crippen molar-refractivity contribution in [1.29, 1.82) is 5.26 Å². The molecule has 8 nitrogen and oxygen atoms in total. The highest BCUT2D eigenvalue weighted by Crippen LogP contribution is 2.21. The zero-order chi connectivity index (χ0) is 21.1. The molecule has 0 aliphatic heterocycles. The average Bonchev–Trinajstić information content (AvgIpc) is 3.07. The summed E-state index contributed by atoms with van der Waals surface area (Å²) in [6.45, 7) is 0.531. The van der Waals surface area contributed by atoms with Gasteiger partial charge in [0.25, 0.3) is 5.56 Å². The van der Waals surface area contributed by atoms with Crippen molar-refractivity contribution in [2.45, 2.75) is 12.8 Å². The number of pyridine rings is 1. The van der Waals surface area contributed by atoms with Gasteiger partial charge >= 0.3 is 0 Å². The van der Waals surface area contributed by atoms with Crippen LogP contribution in [0.15, 0.2) is 59.5 Å². The lowest BCUT2D eigenvalue weighted by Crippen LogP contribution is -2.16. The predicted octanol–water partition coefficient (Wildman–Crippen LogP) is 2.52. The maximum atomic E-state index is 13.2. The second-order valence-corrected chi connectivity index (χ2v) is 6.65. The number of rotatable bonds is 6. The Kier molecular flexibility index (Phi) is 5.13. The first-order chi connectivity index (χ1) is 14.6. The van der Waals surface area contributed by atoms with Gasteiger partial charge in [0.15, 0.2) is 0 Å².